The normalized spacial score (nSPS) is 14.1. The van der Waals surface area contributed by atoms with Gasteiger partial charge in [0.1, 0.15) is 11.8 Å². The number of carbonyl (C=O) groups is 2. The van der Waals surface area contributed by atoms with Crippen LogP contribution in [0.15, 0.2) is 114 Å². The van der Waals surface area contributed by atoms with Crippen LogP contribution >= 0.6 is 0 Å². The molecule has 1 heterocycles. The fraction of sp³-hybridized carbons (Fsp3) is 0.278. The van der Waals surface area contributed by atoms with Crippen molar-refractivity contribution in [3.8, 4) is 5.75 Å². The van der Waals surface area contributed by atoms with Crippen LogP contribution in [-0.2, 0) is 39.1 Å². The molecule has 0 unspecified atom stereocenters. The zero-order valence-electron chi connectivity index (χ0n) is 25.5. The average molecular weight is 626 g/mol. The van der Waals surface area contributed by atoms with Gasteiger partial charge in [-0.2, -0.15) is 4.31 Å². The summed E-state index contributed by atoms with van der Waals surface area (Å²) in [5.41, 5.74) is 3.29. The van der Waals surface area contributed by atoms with Crippen LogP contribution in [0, 0.1) is 0 Å². The molecule has 0 aromatic heterocycles. The summed E-state index contributed by atoms with van der Waals surface area (Å²) in [5.74, 6) is 0.187. The highest BCUT2D eigenvalue weighted by Crippen LogP contribution is 2.27. The Labute approximate surface area is 265 Å². The Kier molecular flexibility index (Phi) is 10.7. The van der Waals surface area contributed by atoms with Crippen molar-refractivity contribution in [2.75, 3.05) is 20.2 Å². The van der Waals surface area contributed by atoms with Crippen LogP contribution in [0.3, 0.4) is 0 Å². The fourth-order valence-electron chi connectivity index (χ4n) is 5.64. The smallest absolute Gasteiger partial charge is 0.247 e. The molecule has 234 valence electrons. The first-order valence-electron chi connectivity index (χ1n) is 15.2. The lowest BCUT2D eigenvalue weighted by Crippen LogP contribution is -2.43. The van der Waals surface area contributed by atoms with Gasteiger partial charge in [-0.3, -0.25) is 9.59 Å². The summed E-state index contributed by atoms with van der Waals surface area (Å²) in [6.07, 6.45) is 2.30. The molecule has 0 bridgehead atoms. The summed E-state index contributed by atoms with van der Waals surface area (Å²) in [6.45, 7) is 1.58. The van der Waals surface area contributed by atoms with Gasteiger partial charge in [-0.15, -0.1) is 0 Å². The van der Waals surface area contributed by atoms with E-state index in [0.29, 0.717) is 30.8 Å². The summed E-state index contributed by atoms with van der Waals surface area (Å²) in [5, 5.41) is 3.04. The Morgan fingerprint density at radius 2 is 1.44 bits per heavy atom. The number of benzene rings is 4. The number of sulfonamides is 1. The summed E-state index contributed by atoms with van der Waals surface area (Å²) < 4.78 is 32.9. The molecule has 8 nitrogen and oxygen atoms in total. The molecule has 45 heavy (non-hydrogen) atoms. The van der Waals surface area contributed by atoms with Gasteiger partial charge >= 0.3 is 0 Å². The van der Waals surface area contributed by atoms with Crippen LogP contribution in [-0.4, -0.2) is 49.6 Å². The van der Waals surface area contributed by atoms with Gasteiger partial charge in [0, 0.05) is 38.2 Å². The Morgan fingerprint density at radius 3 is 2.11 bits per heavy atom. The molecule has 9 heteroatoms. The number of nitrogens with zero attached hydrogens (tertiary/aromatic N) is 2. The molecule has 1 aliphatic rings. The van der Waals surface area contributed by atoms with E-state index in [1.165, 1.54) is 4.31 Å². The third-order valence-electron chi connectivity index (χ3n) is 8.09. The van der Waals surface area contributed by atoms with Crippen molar-refractivity contribution in [2.24, 2.45) is 0 Å². The summed E-state index contributed by atoms with van der Waals surface area (Å²) in [7, 11) is -1.92. The lowest BCUT2D eigenvalue weighted by atomic mass is 10.0. The Balaban J connectivity index is 1.37. The molecular weight excluding hydrogens is 586 g/mol. The van der Waals surface area contributed by atoms with E-state index in [-0.39, 0.29) is 36.2 Å². The first kappa shape index (κ1) is 31.9. The highest BCUT2D eigenvalue weighted by Gasteiger charge is 2.32. The van der Waals surface area contributed by atoms with E-state index >= 15 is 0 Å². The van der Waals surface area contributed by atoms with E-state index in [9.17, 15) is 18.0 Å². The molecule has 1 N–H and O–H groups in total. The predicted octanol–water partition coefficient (Wildman–Crippen LogP) is 5.50. The number of rotatable bonds is 13. The number of aryl methyl sites for hydroxylation is 1. The number of hydrogen-bond donors (Lipinski definition) is 1. The third-order valence-corrected chi connectivity index (χ3v) is 10.0. The monoisotopic (exact) mass is 625 g/mol. The van der Waals surface area contributed by atoms with Crippen LogP contribution in [0.5, 0.6) is 5.75 Å². The molecule has 0 spiro atoms. The number of para-hydroxylation sites is 1. The molecule has 4 aromatic rings. The topological polar surface area (TPSA) is 96.0 Å². The average Bonchev–Trinajstić information content (AvgIpc) is 3.64. The first-order chi connectivity index (χ1) is 21.9. The van der Waals surface area contributed by atoms with Gasteiger partial charge in [0.25, 0.3) is 0 Å². The van der Waals surface area contributed by atoms with E-state index in [2.05, 4.69) is 5.32 Å². The molecule has 0 aliphatic carbocycles. The van der Waals surface area contributed by atoms with Crippen LogP contribution in [0.1, 0.15) is 47.6 Å². The van der Waals surface area contributed by atoms with Gasteiger partial charge in [0.15, 0.2) is 0 Å². The molecule has 2 amide bonds. The zero-order chi connectivity index (χ0) is 31.6. The van der Waals surface area contributed by atoms with Crippen molar-refractivity contribution >= 4 is 21.8 Å². The highest BCUT2D eigenvalue weighted by atomic mass is 32.2. The van der Waals surface area contributed by atoms with E-state index < -0.39 is 16.1 Å². The van der Waals surface area contributed by atoms with Gasteiger partial charge in [-0.25, -0.2) is 8.42 Å². The maximum Gasteiger partial charge on any atom is 0.247 e. The standard InChI is InChI=1S/C36H39N3O5S/c1-44-33-17-9-8-16-31(33)26-37-36(41)35(30-14-6-3-7-15-30)39(27-29-12-4-2-5-13-29)34(40)23-20-28-18-21-32(22-19-28)45(42,43)38-24-10-11-25-38/h2-9,12-19,21-22,35H,10-11,20,23-27H2,1H3,(H,37,41)/t35-/m0/s1. The lowest BCUT2D eigenvalue weighted by Gasteiger charge is -2.32. The van der Waals surface area contributed by atoms with Crippen LogP contribution in [0.2, 0.25) is 0 Å². The van der Waals surface area contributed by atoms with Crippen molar-refractivity contribution in [1.29, 1.82) is 0 Å². The van der Waals surface area contributed by atoms with E-state index in [4.69, 9.17) is 4.74 Å². The molecule has 0 radical (unpaired) electrons. The number of hydrogen-bond acceptors (Lipinski definition) is 5. The molecule has 1 atom stereocenters. The maximum atomic E-state index is 14.0. The zero-order valence-corrected chi connectivity index (χ0v) is 26.3. The summed E-state index contributed by atoms with van der Waals surface area (Å²) in [6, 6.07) is 32.3. The largest absolute Gasteiger partial charge is 0.496 e. The van der Waals surface area contributed by atoms with Crippen LogP contribution in [0.4, 0.5) is 0 Å². The van der Waals surface area contributed by atoms with Crippen LogP contribution in [0.25, 0.3) is 0 Å². The third kappa shape index (κ3) is 7.98. The molecule has 5 rings (SSSR count). The first-order valence-corrected chi connectivity index (χ1v) is 16.7. The quantitative estimate of drug-likeness (QED) is 0.212. The number of nitrogens with one attached hydrogen (secondary N) is 1. The van der Waals surface area contributed by atoms with Gasteiger partial charge in [-0.05, 0) is 54.2 Å². The van der Waals surface area contributed by atoms with Crippen molar-refractivity contribution in [3.05, 3.63) is 131 Å². The SMILES string of the molecule is COc1ccccc1CNC(=O)[C@H](c1ccccc1)N(Cc1ccccc1)C(=O)CCc1ccc(S(=O)(=O)N2CCCC2)cc1. The second kappa shape index (κ2) is 15.0. The minimum atomic E-state index is -3.51. The highest BCUT2D eigenvalue weighted by molar-refractivity contribution is 7.89. The number of carbonyl (C=O) groups excluding carboxylic acids is 2. The van der Waals surface area contributed by atoms with E-state index in [1.54, 1.807) is 36.3 Å². The van der Waals surface area contributed by atoms with E-state index in [0.717, 1.165) is 29.5 Å². The Bertz CT molecular complexity index is 1670. The lowest BCUT2D eigenvalue weighted by molar-refractivity contribution is -0.141. The fourth-order valence-corrected chi connectivity index (χ4v) is 7.16. The summed E-state index contributed by atoms with van der Waals surface area (Å²) in [4.78, 5) is 29.9. The summed E-state index contributed by atoms with van der Waals surface area (Å²) >= 11 is 0. The van der Waals surface area contributed by atoms with Crippen molar-refractivity contribution in [1.82, 2.24) is 14.5 Å². The maximum absolute atomic E-state index is 14.0. The Hall–Kier alpha value is -4.47. The van der Waals surface area contributed by atoms with E-state index in [1.807, 2.05) is 84.9 Å². The molecule has 1 fully saturated rings. The Morgan fingerprint density at radius 1 is 0.822 bits per heavy atom. The molecule has 4 aromatic carbocycles. The van der Waals surface area contributed by atoms with Gasteiger partial charge < -0.3 is 15.0 Å². The van der Waals surface area contributed by atoms with Crippen molar-refractivity contribution in [3.63, 3.8) is 0 Å². The number of ether oxygens (including phenoxy) is 1. The minimum absolute atomic E-state index is 0.147. The molecule has 1 saturated heterocycles. The second-order valence-corrected chi connectivity index (χ2v) is 13.0. The van der Waals surface area contributed by atoms with Gasteiger partial charge in [-0.1, -0.05) is 91.0 Å². The predicted molar refractivity (Wildman–Crippen MR) is 174 cm³/mol. The number of methoxy groups -OCH3 is 1. The van der Waals surface area contributed by atoms with Crippen molar-refractivity contribution in [2.45, 2.75) is 49.7 Å². The van der Waals surface area contributed by atoms with Gasteiger partial charge in [0.2, 0.25) is 21.8 Å². The van der Waals surface area contributed by atoms with Gasteiger partial charge in [0.05, 0.1) is 12.0 Å². The van der Waals surface area contributed by atoms with Crippen LogP contribution < -0.4 is 10.1 Å². The molecule has 1 aliphatic heterocycles. The second-order valence-electron chi connectivity index (χ2n) is 11.1. The minimum Gasteiger partial charge on any atom is -0.496 e. The molecular formula is C36H39N3O5S. The molecule has 0 saturated carbocycles. The van der Waals surface area contributed by atoms with Crippen molar-refractivity contribution < 1.29 is 22.7 Å². The number of amides is 2.